The van der Waals surface area contributed by atoms with Gasteiger partial charge in [-0.1, -0.05) is 18.2 Å². The number of carbonyl (C=O) groups is 1. The van der Waals surface area contributed by atoms with Gasteiger partial charge in [0.2, 0.25) is 0 Å². The van der Waals surface area contributed by atoms with Crippen molar-refractivity contribution in [3.05, 3.63) is 30.3 Å². The van der Waals surface area contributed by atoms with E-state index in [0.29, 0.717) is 5.75 Å². The van der Waals surface area contributed by atoms with Crippen LogP contribution in [-0.4, -0.2) is 28.2 Å². The van der Waals surface area contributed by atoms with Gasteiger partial charge in [0.15, 0.2) is 0 Å². The van der Waals surface area contributed by atoms with Gasteiger partial charge in [0.05, 0.1) is 4.87 Å². The molecular formula is C12H15NO2S. The summed E-state index contributed by atoms with van der Waals surface area (Å²) in [5, 5.41) is 0. The third kappa shape index (κ3) is 2.32. The predicted octanol–water partition coefficient (Wildman–Crippen LogP) is 2.97. The molecule has 1 saturated heterocycles. The Morgan fingerprint density at radius 3 is 2.62 bits per heavy atom. The molecule has 1 aromatic carbocycles. The number of ether oxygens (including phenoxy) is 1. The van der Waals surface area contributed by atoms with Crippen molar-refractivity contribution in [2.45, 2.75) is 18.7 Å². The summed E-state index contributed by atoms with van der Waals surface area (Å²) in [7, 11) is 0. The summed E-state index contributed by atoms with van der Waals surface area (Å²) in [6.07, 6.45) is -0.263. The average Bonchev–Trinajstić information content (AvgIpc) is 2.59. The summed E-state index contributed by atoms with van der Waals surface area (Å²) in [5.41, 5.74) is 0. The van der Waals surface area contributed by atoms with Crippen molar-refractivity contribution in [2.75, 3.05) is 12.3 Å². The van der Waals surface area contributed by atoms with Crippen LogP contribution >= 0.6 is 11.8 Å². The number of para-hydroxylation sites is 1. The van der Waals surface area contributed by atoms with Gasteiger partial charge in [-0.2, -0.15) is 0 Å². The van der Waals surface area contributed by atoms with Gasteiger partial charge >= 0.3 is 6.09 Å². The molecule has 1 heterocycles. The zero-order valence-corrected chi connectivity index (χ0v) is 10.3. The molecule has 2 rings (SSSR count). The second-order valence-corrected chi connectivity index (χ2v) is 5.82. The van der Waals surface area contributed by atoms with Gasteiger partial charge in [-0.25, -0.2) is 4.79 Å². The molecule has 0 aliphatic carbocycles. The van der Waals surface area contributed by atoms with Gasteiger partial charge in [0, 0.05) is 12.3 Å². The van der Waals surface area contributed by atoms with Crippen LogP contribution in [0.25, 0.3) is 0 Å². The molecule has 0 unspecified atom stereocenters. The molecular weight excluding hydrogens is 222 g/mol. The number of carbonyl (C=O) groups excluding carboxylic acids is 1. The van der Waals surface area contributed by atoms with Crippen LogP contribution in [0.1, 0.15) is 13.8 Å². The zero-order chi connectivity index (χ0) is 11.6. The fourth-order valence-electron chi connectivity index (χ4n) is 1.69. The highest BCUT2D eigenvalue weighted by atomic mass is 32.2. The molecule has 3 nitrogen and oxygen atoms in total. The Morgan fingerprint density at radius 2 is 2.06 bits per heavy atom. The molecule has 16 heavy (non-hydrogen) atoms. The molecule has 1 aliphatic heterocycles. The van der Waals surface area contributed by atoms with Gasteiger partial charge in [-0.05, 0) is 26.0 Å². The quantitative estimate of drug-likeness (QED) is 0.752. The number of amides is 1. The molecule has 1 fully saturated rings. The second kappa shape index (κ2) is 4.37. The van der Waals surface area contributed by atoms with Crippen molar-refractivity contribution in [1.29, 1.82) is 0 Å². The monoisotopic (exact) mass is 237 g/mol. The van der Waals surface area contributed by atoms with E-state index in [1.165, 1.54) is 0 Å². The average molecular weight is 237 g/mol. The van der Waals surface area contributed by atoms with Crippen molar-refractivity contribution >= 4 is 17.9 Å². The fraction of sp³-hybridized carbons (Fsp3) is 0.417. The first kappa shape index (κ1) is 11.3. The van der Waals surface area contributed by atoms with E-state index in [0.717, 1.165) is 12.3 Å². The lowest BCUT2D eigenvalue weighted by atomic mass is 10.3. The molecule has 4 heteroatoms. The van der Waals surface area contributed by atoms with E-state index in [9.17, 15) is 4.79 Å². The van der Waals surface area contributed by atoms with Crippen LogP contribution in [0.5, 0.6) is 5.75 Å². The summed E-state index contributed by atoms with van der Waals surface area (Å²) in [6, 6.07) is 9.17. The molecule has 1 amide bonds. The van der Waals surface area contributed by atoms with Crippen molar-refractivity contribution in [3.8, 4) is 5.75 Å². The van der Waals surface area contributed by atoms with Crippen LogP contribution < -0.4 is 4.74 Å². The molecule has 0 bridgehead atoms. The number of hydrogen-bond acceptors (Lipinski definition) is 3. The summed E-state index contributed by atoms with van der Waals surface area (Å²) in [4.78, 5) is 13.5. The predicted molar refractivity (Wildman–Crippen MR) is 65.7 cm³/mol. The summed E-state index contributed by atoms with van der Waals surface area (Å²) < 4.78 is 5.31. The third-order valence-electron chi connectivity index (χ3n) is 2.59. The van der Waals surface area contributed by atoms with Crippen molar-refractivity contribution in [3.63, 3.8) is 0 Å². The Kier molecular flexibility index (Phi) is 3.10. The first-order valence-corrected chi connectivity index (χ1v) is 6.26. The van der Waals surface area contributed by atoms with Gasteiger partial charge in [-0.3, -0.25) is 4.90 Å². The van der Waals surface area contributed by atoms with E-state index < -0.39 is 0 Å². The zero-order valence-electron chi connectivity index (χ0n) is 9.47. The lowest BCUT2D eigenvalue weighted by molar-refractivity contribution is 0.139. The molecule has 0 N–H and O–H groups in total. The number of rotatable bonds is 1. The van der Waals surface area contributed by atoms with Gasteiger partial charge in [-0.15, -0.1) is 11.8 Å². The largest absolute Gasteiger partial charge is 0.416 e. The maximum Gasteiger partial charge on any atom is 0.416 e. The van der Waals surface area contributed by atoms with E-state index in [2.05, 4.69) is 0 Å². The number of hydrogen-bond donors (Lipinski definition) is 0. The summed E-state index contributed by atoms with van der Waals surface area (Å²) in [6.45, 7) is 4.83. The minimum atomic E-state index is -0.263. The Labute approximate surface area is 99.8 Å². The van der Waals surface area contributed by atoms with Gasteiger partial charge in [0.25, 0.3) is 0 Å². The Bertz CT molecular complexity index is 378. The van der Waals surface area contributed by atoms with Crippen LogP contribution in [0.3, 0.4) is 0 Å². The standard InChI is InChI=1S/C12H15NO2S/c1-12(2)13(8-9-16-12)11(14)15-10-6-4-3-5-7-10/h3-7H,8-9H2,1-2H3. The molecule has 86 valence electrons. The maximum absolute atomic E-state index is 11.9. The number of thioether (sulfide) groups is 1. The van der Waals surface area contributed by atoms with Crippen LogP contribution in [0, 0.1) is 0 Å². The minimum Gasteiger partial charge on any atom is -0.410 e. The fourth-order valence-corrected chi connectivity index (χ4v) is 2.78. The first-order chi connectivity index (χ1) is 7.59. The second-order valence-electron chi connectivity index (χ2n) is 4.13. The van der Waals surface area contributed by atoms with E-state index >= 15 is 0 Å². The SMILES string of the molecule is CC1(C)SCCN1C(=O)Oc1ccccc1. The summed E-state index contributed by atoms with van der Waals surface area (Å²) >= 11 is 1.77. The number of nitrogens with zero attached hydrogens (tertiary/aromatic N) is 1. The normalized spacial score (nSPS) is 18.5. The smallest absolute Gasteiger partial charge is 0.410 e. The third-order valence-corrected chi connectivity index (χ3v) is 3.90. The van der Waals surface area contributed by atoms with E-state index in [4.69, 9.17) is 4.74 Å². The Balaban J connectivity index is 2.04. The molecule has 0 aromatic heterocycles. The van der Waals surface area contributed by atoms with Crippen LogP contribution in [0.4, 0.5) is 4.79 Å². The molecule has 0 atom stereocenters. The Hall–Kier alpha value is -1.16. The van der Waals surface area contributed by atoms with Gasteiger partial charge < -0.3 is 4.74 Å². The van der Waals surface area contributed by atoms with Gasteiger partial charge in [0.1, 0.15) is 5.75 Å². The molecule has 1 aliphatic rings. The van der Waals surface area contributed by atoms with Crippen LogP contribution in [0.2, 0.25) is 0 Å². The van der Waals surface area contributed by atoms with Crippen LogP contribution in [0.15, 0.2) is 30.3 Å². The highest BCUT2D eigenvalue weighted by Gasteiger charge is 2.37. The van der Waals surface area contributed by atoms with Crippen LogP contribution in [-0.2, 0) is 0 Å². The minimum absolute atomic E-state index is 0.161. The topological polar surface area (TPSA) is 29.5 Å². The molecule has 0 spiro atoms. The van der Waals surface area contributed by atoms with Crippen molar-refractivity contribution in [2.24, 2.45) is 0 Å². The number of benzene rings is 1. The lowest BCUT2D eigenvalue weighted by Crippen LogP contribution is -2.42. The molecule has 0 radical (unpaired) electrons. The van der Waals surface area contributed by atoms with E-state index in [1.807, 2.05) is 32.0 Å². The van der Waals surface area contributed by atoms with E-state index in [-0.39, 0.29) is 11.0 Å². The highest BCUT2D eigenvalue weighted by molar-refractivity contribution is 8.00. The van der Waals surface area contributed by atoms with E-state index in [1.54, 1.807) is 28.8 Å². The van der Waals surface area contributed by atoms with Crippen molar-refractivity contribution < 1.29 is 9.53 Å². The lowest BCUT2D eigenvalue weighted by Gasteiger charge is -2.29. The molecule has 1 aromatic rings. The summed E-state index contributed by atoms with van der Waals surface area (Å²) in [5.74, 6) is 1.57. The molecule has 0 saturated carbocycles. The highest BCUT2D eigenvalue weighted by Crippen LogP contribution is 2.35. The maximum atomic E-state index is 11.9. The Morgan fingerprint density at radius 1 is 1.38 bits per heavy atom. The van der Waals surface area contributed by atoms with Crippen molar-refractivity contribution in [1.82, 2.24) is 4.90 Å². The first-order valence-electron chi connectivity index (χ1n) is 5.28.